The van der Waals surface area contributed by atoms with E-state index in [-0.39, 0.29) is 22.7 Å². The molecule has 0 radical (unpaired) electrons. The van der Waals surface area contributed by atoms with Crippen LogP contribution in [0.15, 0.2) is 6.33 Å². The van der Waals surface area contributed by atoms with Gasteiger partial charge in [-0.25, -0.2) is 9.97 Å². The molecule has 0 aliphatic carbocycles. The van der Waals surface area contributed by atoms with Gasteiger partial charge in [0, 0.05) is 13.6 Å². The number of nitrogens with zero attached hydrogens (tertiary/aromatic N) is 3. The Bertz CT molecular complexity index is 459. The first kappa shape index (κ1) is 15.1. The Kier molecular flexibility index (Phi) is 4.63. The number of nitrogens with one attached hydrogen (secondary N) is 2. The van der Waals surface area contributed by atoms with Gasteiger partial charge in [0.1, 0.15) is 6.33 Å². The van der Waals surface area contributed by atoms with Crippen LogP contribution in [0.1, 0.15) is 27.7 Å². The fourth-order valence-electron chi connectivity index (χ4n) is 1.38. The van der Waals surface area contributed by atoms with Gasteiger partial charge in [0.2, 0.25) is 11.6 Å². The number of hydrogen-bond acceptors (Lipinski definition) is 6. The van der Waals surface area contributed by atoms with Crippen LogP contribution in [0.25, 0.3) is 0 Å². The summed E-state index contributed by atoms with van der Waals surface area (Å²) in [5.74, 6) is 0.910. The third kappa shape index (κ3) is 3.52. The lowest BCUT2D eigenvalue weighted by atomic mass is 9.81. The maximum absolute atomic E-state index is 11.1. The van der Waals surface area contributed by atoms with Crippen LogP contribution < -0.4 is 10.6 Å². The van der Waals surface area contributed by atoms with E-state index in [1.807, 2.05) is 0 Å². The van der Waals surface area contributed by atoms with Gasteiger partial charge < -0.3 is 10.6 Å². The molecular weight excluding hydrogens is 246 g/mol. The summed E-state index contributed by atoms with van der Waals surface area (Å²) in [4.78, 5) is 18.5. The van der Waals surface area contributed by atoms with Gasteiger partial charge in [0.25, 0.3) is 0 Å². The van der Waals surface area contributed by atoms with E-state index in [1.165, 1.54) is 6.33 Å². The van der Waals surface area contributed by atoms with E-state index < -0.39 is 4.92 Å². The molecule has 0 amide bonds. The van der Waals surface area contributed by atoms with E-state index in [0.29, 0.717) is 12.5 Å². The van der Waals surface area contributed by atoms with E-state index in [0.717, 1.165) is 0 Å². The Morgan fingerprint density at radius 2 is 1.95 bits per heavy atom. The van der Waals surface area contributed by atoms with Crippen LogP contribution in [-0.4, -0.2) is 28.5 Å². The lowest BCUT2D eigenvalue weighted by Crippen LogP contribution is -2.29. The monoisotopic (exact) mass is 267 g/mol. The number of nitro groups is 1. The molecule has 7 nitrogen and oxygen atoms in total. The van der Waals surface area contributed by atoms with E-state index in [4.69, 9.17) is 0 Å². The van der Waals surface area contributed by atoms with Crippen LogP contribution in [-0.2, 0) is 0 Å². The Morgan fingerprint density at radius 1 is 1.37 bits per heavy atom. The standard InChI is InChI=1S/C12H21N5O2/c1-8(2)12(3,4)6-14-11-9(17(18)19)10(13-5)15-7-16-11/h7-8H,6H2,1-5H3,(H2,13,14,15,16). The Balaban J connectivity index is 2.99. The zero-order valence-electron chi connectivity index (χ0n) is 12.0. The second kappa shape index (κ2) is 5.81. The zero-order valence-corrected chi connectivity index (χ0v) is 12.0. The minimum Gasteiger partial charge on any atom is -0.367 e. The highest BCUT2D eigenvalue weighted by molar-refractivity contribution is 5.68. The van der Waals surface area contributed by atoms with Gasteiger partial charge in [-0.3, -0.25) is 10.1 Å². The molecule has 0 saturated carbocycles. The molecule has 1 heterocycles. The van der Waals surface area contributed by atoms with Crippen molar-refractivity contribution in [2.45, 2.75) is 27.7 Å². The van der Waals surface area contributed by atoms with Gasteiger partial charge in [-0.2, -0.15) is 0 Å². The summed E-state index contributed by atoms with van der Waals surface area (Å²) in [6, 6.07) is 0. The van der Waals surface area contributed by atoms with Gasteiger partial charge >= 0.3 is 5.69 Å². The molecule has 0 unspecified atom stereocenters. The highest BCUT2D eigenvalue weighted by atomic mass is 16.6. The molecular formula is C12H21N5O2. The highest BCUT2D eigenvalue weighted by Crippen LogP contribution is 2.31. The van der Waals surface area contributed by atoms with E-state index >= 15 is 0 Å². The molecule has 19 heavy (non-hydrogen) atoms. The molecule has 1 rings (SSSR count). The molecule has 0 fully saturated rings. The first-order chi connectivity index (χ1) is 8.79. The maximum Gasteiger partial charge on any atom is 0.353 e. The van der Waals surface area contributed by atoms with Crippen molar-refractivity contribution in [2.24, 2.45) is 11.3 Å². The van der Waals surface area contributed by atoms with Crippen LogP contribution in [0.5, 0.6) is 0 Å². The summed E-state index contributed by atoms with van der Waals surface area (Å²) < 4.78 is 0. The van der Waals surface area contributed by atoms with Crippen LogP contribution in [0.3, 0.4) is 0 Å². The molecule has 1 aromatic heterocycles. The largest absolute Gasteiger partial charge is 0.367 e. The van der Waals surface area contributed by atoms with E-state index in [9.17, 15) is 10.1 Å². The number of hydrogen-bond donors (Lipinski definition) is 2. The highest BCUT2D eigenvalue weighted by Gasteiger charge is 2.26. The first-order valence-corrected chi connectivity index (χ1v) is 6.20. The van der Waals surface area contributed by atoms with Crippen LogP contribution in [0.2, 0.25) is 0 Å². The van der Waals surface area contributed by atoms with Crippen LogP contribution in [0, 0.1) is 21.4 Å². The topological polar surface area (TPSA) is 93.0 Å². The summed E-state index contributed by atoms with van der Waals surface area (Å²) in [5.41, 5.74) is -0.108. The molecule has 106 valence electrons. The van der Waals surface area contributed by atoms with Crippen molar-refractivity contribution in [1.82, 2.24) is 9.97 Å². The third-order valence-corrected chi connectivity index (χ3v) is 3.52. The fourth-order valence-corrected chi connectivity index (χ4v) is 1.38. The Labute approximate surface area is 113 Å². The molecule has 0 aromatic carbocycles. The van der Waals surface area contributed by atoms with Crippen molar-refractivity contribution >= 4 is 17.3 Å². The van der Waals surface area contributed by atoms with Crippen molar-refractivity contribution in [1.29, 1.82) is 0 Å². The lowest BCUT2D eigenvalue weighted by Gasteiger charge is -2.29. The average Bonchev–Trinajstić information content (AvgIpc) is 2.35. The summed E-state index contributed by atoms with van der Waals surface area (Å²) in [7, 11) is 1.59. The zero-order chi connectivity index (χ0) is 14.6. The van der Waals surface area contributed by atoms with E-state index in [1.54, 1.807) is 7.05 Å². The summed E-state index contributed by atoms with van der Waals surface area (Å²) in [6.45, 7) is 9.06. The predicted octanol–water partition coefficient (Wildman–Crippen LogP) is 2.52. The number of aromatic nitrogens is 2. The summed E-state index contributed by atoms with van der Waals surface area (Å²) in [6.07, 6.45) is 1.31. The van der Waals surface area contributed by atoms with Crippen LogP contribution in [0.4, 0.5) is 17.3 Å². The van der Waals surface area contributed by atoms with Gasteiger partial charge in [-0.05, 0) is 11.3 Å². The number of rotatable bonds is 6. The first-order valence-electron chi connectivity index (χ1n) is 6.20. The lowest BCUT2D eigenvalue weighted by molar-refractivity contribution is -0.383. The molecule has 0 aliphatic rings. The van der Waals surface area contributed by atoms with Crippen molar-refractivity contribution in [3.05, 3.63) is 16.4 Å². The minimum atomic E-state index is -0.476. The predicted molar refractivity (Wildman–Crippen MR) is 75.3 cm³/mol. The third-order valence-electron chi connectivity index (χ3n) is 3.52. The van der Waals surface area contributed by atoms with Gasteiger partial charge in [0.15, 0.2) is 0 Å². The van der Waals surface area contributed by atoms with Crippen molar-refractivity contribution in [3.63, 3.8) is 0 Å². The summed E-state index contributed by atoms with van der Waals surface area (Å²) >= 11 is 0. The smallest absolute Gasteiger partial charge is 0.353 e. The van der Waals surface area contributed by atoms with Crippen LogP contribution >= 0.6 is 0 Å². The molecule has 2 N–H and O–H groups in total. The molecule has 0 saturated heterocycles. The Hall–Kier alpha value is -1.92. The molecule has 7 heteroatoms. The van der Waals surface area contributed by atoms with Crippen molar-refractivity contribution in [2.75, 3.05) is 24.2 Å². The normalized spacial score (nSPS) is 11.5. The molecule has 0 bridgehead atoms. The van der Waals surface area contributed by atoms with Gasteiger partial charge in [-0.15, -0.1) is 0 Å². The molecule has 0 aliphatic heterocycles. The van der Waals surface area contributed by atoms with Crippen molar-refractivity contribution < 1.29 is 4.92 Å². The van der Waals surface area contributed by atoms with E-state index in [2.05, 4.69) is 48.3 Å². The second-order valence-electron chi connectivity index (χ2n) is 5.42. The van der Waals surface area contributed by atoms with Gasteiger partial charge in [-0.1, -0.05) is 27.7 Å². The second-order valence-corrected chi connectivity index (χ2v) is 5.42. The molecule has 0 atom stereocenters. The van der Waals surface area contributed by atoms with Crippen molar-refractivity contribution in [3.8, 4) is 0 Å². The van der Waals surface area contributed by atoms with Gasteiger partial charge in [0.05, 0.1) is 4.92 Å². The number of anilines is 2. The fraction of sp³-hybridized carbons (Fsp3) is 0.667. The molecule has 1 aromatic rings. The Morgan fingerprint density at radius 3 is 2.42 bits per heavy atom. The maximum atomic E-state index is 11.1. The molecule has 0 spiro atoms. The average molecular weight is 267 g/mol. The SMILES string of the molecule is CNc1ncnc(NCC(C)(C)C(C)C)c1[N+](=O)[O-]. The summed E-state index contributed by atoms with van der Waals surface area (Å²) in [5, 5.41) is 16.9. The minimum absolute atomic E-state index is 0.0125. The quantitative estimate of drug-likeness (QED) is 0.607.